The van der Waals surface area contributed by atoms with Gasteiger partial charge in [0.1, 0.15) is 5.75 Å². The van der Waals surface area contributed by atoms with Crippen molar-refractivity contribution in [3.05, 3.63) is 73.1 Å². The van der Waals surface area contributed by atoms with Crippen LogP contribution >= 0.6 is 11.3 Å². The first kappa shape index (κ1) is 20.9. The zero-order valence-corrected chi connectivity index (χ0v) is 16.8. The molecular weight excluding hydrogens is 412 g/mol. The van der Waals surface area contributed by atoms with Gasteiger partial charge in [-0.25, -0.2) is 4.98 Å². The first-order chi connectivity index (χ1) is 14.3. The number of nitro groups is 2. The van der Waals surface area contributed by atoms with Gasteiger partial charge in [0.25, 0.3) is 17.3 Å². The van der Waals surface area contributed by atoms with Crippen LogP contribution in [0, 0.1) is 27.2 Å². The summed E-state index contributed by atoms with van der Waals surface area (Å²) in [6.45, 7) is 4.29. The maximum absolute atomic E-state index is 12.5. The van der Waals surface area contributed by atoms with Crippen LogP contribution in [0.2, 0.25) is 0 Å². The molecule has 0 spiro atoms. The number of nitrogens with one attached hydrogen (secondary N) is 1. The number of rotatable bonds is 7. The second-order valence-electron chi connectivity index (χ2n) is 6.09. The molecule has 11 heteroatoms. The number of hydrogen-bond acceptors (Lipinski definition) is 8. The summed E-state index contributed by atoms with van der Waals surface area (Å²) < 4.78 is 5.42. The molecular formula is C19H16N4O6S. The van der Waals surface area contributed by atoms with E-state index in [-0.39, 0.29) is 10.7 Å². The summed E-state index contributed by atoms with van der Waals surface area (Å²) in [5.74, 6) is 0.00344. The zero-order chi connectivity index (χ0) is 21.8. The van der Waals surface area contributed by atoms with Gasteiger partial charge in [-0.15, -0.1) is 11.3 Å². The van der Waals surface area contributed by atoms with E-state index in [1.54, 1.807) is 0 Å². The summed E-state index contributed by atoms with van der Waals surface area (Å²) in [6.07, 6.45) is 0. The lowest BCUT2D eigenvalue weighted by molar-refractivity contribution is -0.394. The molecule has 0 aliphatic rings. The maximum atomic E-state index is 12.5. The van der Waals surface area contributed by atoms with Gasteiger partial charge in [0.05, 0.1) is 33.8 Å². The molecule has 2 aromatic carbocycles. The summed E-state index contributed by atoms with van der Waals surface area (Å²) in [5.41, 5.74) is 0.216. The largest absolute Gasteiger partial charge is 0.494 e. The van der Waals surface area contributed by atoms with E-state index in [4.69, 9.17) is 4.74 Å². The van der Waals surface area contributed by atoms with Crippen LogP contribution in [-0.2, 0) is 0 Å². The number of amides is 1. The van der Waals surface area contributed by atoms with Crippen LogP contribution in [0.1, 0.15) is 22.2 Å². The fourth-order valence-corrected chi connectivity index (χ4v) is 3.53. The fourth-order valence-electron chi connectivity index (χ4n) is 2.70. The highest BCUT2D eigenvalue weighted by Gasteiger charge is 2.21. The van der Waals surface area contributed by atoms with Gasteiger partial charge in [-0.2, -0.15) is 0 Å². The summed E-state index contributed by atoms with van der Waals surface area (Å²) in [5, 5.41) is 24.8. The van der Waals surface area contributed by atoms with Crippen molar-refractivity contribution in [1.29, 1.82) is 0 Å². The van der Waals surface area contributed by atoms with Crippen molar-refractivity contribution >= 4 is 33.8 Å². The first-order valence-electron chi connectivity index (χ1n) is 8.74. The number of carbonyl (C=O) groups is 1. The highest BCUT2D eigenvalue weighted by Crippen LogP contribution is 2.32. The second kappa shape index (κ2) is 8.66. The van der Waals surface area contributed by atoms with Gasteiger partial charge in [-0.3, -0.25) is 30.3 Å². The van der Waals surface area contributed by atoms with E-state index >= 15 is 0 Å². The summed E-state index contributed by atoms with van der Waals surface area (Å²) in [6, 6.07) is 10.1. The average molecular weight is 428 g/mol. The van der Waals surface area contributed by atoms with E-state index in [9.17, 15) is 25.0 Å². The number of nitro benzene ring substituents is 2. The van der Waals surface area contributed by atoms with Crippen LogP contribution in [0.25, 0.3) is 11.3 Å². The van der Waals surface area contributed by atoms with Gasteiger partial charge >= 0.3 is 0 Å². The third-order valence-electron chi connectivity index (χ3n) is 4.04. The molecule has 1 amide bonds. The number of non-ortho nitro benzene ring substituents is 2. The molecule has 3 rings (SSSR count). The molecule has 0 saturated carbocycles. The Bertz CT molecular complexity index is 1090. The Morgan fingerprint density at radius 1 is 1.10 bits per heavy atom. The number of benzene rings is 2. The molecule has 3 aromatic rings. The molecule has 0 atom stereocenters. The number of ether oxygens (including phenoxy) is 1. The van der Waals surface area contributed by atoms with Gasteiger partial charge in [0, 0.05) is 22.6 Å². The SMILES string of the molecule is CCOc1ccc(-c2nc(NC(=O)c3cc([N+](=O)[O-])cc([N+](=O)[O-])c3)sc2C)cc1. The van der Waals surface area contributed by atoms with Crippen LogP contribution in [0.4, 0.5) is 16.5 Å². The molecule has 10 nitrogen and oxygen atoms in total. The minimum atomic E-state index is -0.790. The molecule has 0 aliphatic carbocycles. The Kier molecular flexibility index (Phi) is 6.02. The topological polar surface area (TPSA) is 138 Å². The van der Waals surface area contributed by atoms with Crippen molar-refractivity contribution in [2.75, 3.05) is 11.9 Å². The molecule has 1 aromatic heterocycles. The van der Waals surface area contributed by atoms with Crippen molar-refractivity contribution in [2.45, 2.75) is 13.8 Å². The molecule has 1 N–H and O–H groups in total. The lowest BCUT2D eigenvalue weighted by Crippen LogP contribution is -2.12. The fraction of sp³-hybridized carbons (Fsp3) is 0.158. The third kappa shape index (κ3) is 4.58. The van der Waals surface area contributed by atoms with Crippen molar-refractivity contribution in [3.8, 4) is 17.0 Å². The molecule has 0 aliphatic heterocycles. The second-order valence-corrected chi connectivity index (χ2v) is 7.29. The maximum Gasteiger partial charge on any atom is 0.277 e. The first-order valence-corrected chi connectivity index (χ1v) is 9.56. The zero-order valence-electron chi connectivity index (χ0n) is 15.9. The molecule has 1 heterocycles. The number of carbonyl (C=O) groups excluding carboxylic acids is 1. The van der Waals surface area contributed by atoms with Gasteiger partial charge in [0.15, 0.2) is 5.13 Å². The number of anilines is 1. The van der Waals surface area contributed by atoms with E-state index in [1.165, 1.54) is 11.3 Å². The van der Waals surface area contributed by atoms with Crippen LogP contribution < -0.4 is 10.1 Å². The molecule has 0 fully saturated rings. The van der Waals surface area contributed by atoms with E-state index in [0.29, 0.717) is 12.3 Å². The number of thiazole rings is 1. The predicted molar refractivity (Wildman–Crippen MR) is 111 cm³/mol. The van der Waals surface area contributed by atoms with Crippen LogP contribution in [0.15, 0.2) is 42.5 Å². The Hall–Kier alpha value is -3.86. The van der Waals surface area contributed by atoms with E-state index in [1.807, 2.05) is 38.1 Å². The normalized spacial score (nSPS) is 10.5. The standard InChI is InChI=1S/C19H16N4O6S/c1-3-29-16-6-4-12(5-7-16)17-11(2)30-19(20-17)21-18(24)13-8-14(22(25)26)10-15(9-13)23(27)28/h4-10H,3H2,1-2H3,(H,20,21,24). The molecule has 0 saturated heterocycles. The number of hydrogen-bond donors (Lipinski definition) is 1. The van der Waals surface area contributed by atoms with E-state index in [0.717, 1.165) is 34.4 Å². The Morgan fingerprint density at radius 2 is 1.70 bits per heavy atom. The summed E-state index contributed by atoms with van der Waals surface area (Å²) >= 11 is 1.23. The Balaban J connectivity index is 1.85. The lowest BCUT2D eigenvalue weighted by atomic mass is 10.1. The quantitative estimate of drug-likeness (QED) is 0.429. The van der Waals surface area contributed by atoms with Gasteiger partial charge in [0.2, 0.25) is 0 Å². The molecule has 0 bridgehead atoms. The third-order valence-corrected chi connectivity index (χ3v) is 4.93. The van der Waals surface area contributed by atoms with E-state index in [2.05, 4.69) is 10.3 Å². The molecule has 0 radical (unpaired) electrons. The Morgan fingerprint density at radius 3 is 2.23 bits per heavy atom. The highest BCUT2D eigenvalue weighted by atomic mass is 32.1. The Labute approximate surface area is 174 Å². The summed E-state index contributed by atoms with van der Waals surface area (Å²) in [4.78, 5) is 38.2. The minimum Gasteiger partial charge on any atom is -0.494 e. The van der Waals surface area contributed by atoms with E-state index < -0.39 is 27.1 Å². The lowest BCUT2D eigenvalue weighted by Gasteiger charge is -2.04. The minimum absolute atomic E-state index is 0.202. The smallest absolute Gasteiger partial charge is 0.277 e. The monoisotopic (exact) mass is 428 g/mol. The molecule has 30 heavy (non-hydrogen) atoms. The highest BCUT2D eigenvalue weighted by molar-refractivity contribution is 7.16. The predicted octanol–water partition coefficient (Wildman–Crippen LogP) is 4.59. The summed E-state index contributed by atoms with van der Waals surface area (Å²) in [7, 11) is 0. The van der Waals surface area contributed by atoms with Crippen LogP contribution in [-0.4, -0.2) is 27.3 Å². The van der Waals surface area contributed by atoms with Crippen molar-refractivity contribution < 1.29 is 19.4 Å². The number of aromatic nitrogens is 1. The number of nitrogens with zero attached hydrogens (tertiary/aromatic N) is 3. The average Bonchev–Trinajstić information content (AvgIpc) is 3.08. The van der Waals surface area contributed by atoms with Crippen molar-refractivity contribution in [1.82, 2.24) is 4.98 Å². The van der Waals surface area contributed by atoms with Gasteiger partial charge < -0.3 is 4.74 Å². The van der Waals surface area contributed by atoms with Crippen LogP contribution in [0.3, 0.4) is 0 Å². The van der Waals surface area contributed by atoms with Crippen molar-refractivity contribution in [3.63, 3.8) is 0 Å². The molecule has 0 unspecified atom stereocenters. The van der Waals surface area contributed by atoms with Crippen LogP contribution in [0.5, 0.6) is 5.75 Å². The number of aryl methyl sites for hydroxylation is 1. The molecule has 154 valence electrons. The van der Waals surface area contributed by atoms with Gasteiger partial charge in [-0.1, -0.05) is 0 Å². The van der Waals surface area contributed by atoms with Gasteiger partial charge in [-0.05, 0) is 38.1 Å². The van der Waals surface area contributed by atoms with Crippen molar-refractivity contribution in [2.24, 2.45) is 0 Å².